The first-order chi connectivity index (χ1) is 8.63. The van der Waals surface area contributed by atoms with Crippen LogP contribution in [0.2, 0.25) is 0 Å². The van der Waals surface area contributed by atoms with Crippen molar-refractivity contribution in [3.05, 3.63) is 54.1 Å². The Kier molecular flexibility index (Phi) is 3.85. The quantitative estimate of drug-likeness (QED) is 0.810. The molecule has 0 heterocycles. The predicted molar refractivity (Wildman–Crippen MR) is 74.7 cm³/mol. The summed E-state index contributed by atoms with van der Waals surface area (Å²) >= 11 is 0. The summed E-state index contributed by atoms with van der Waals surface area (Å²) in [6.07, 6.45) is 0.877. The molecule has 0 amide bonds. The minimum absolute atomic E-state index is 0.175. The Morgan fingerprint density at radius 3 is 1.94 bits per heavy atom. The van der Waals surface area contributed by atoms with Gasteiger partial charge in [-0.05, 0) is 55.3 Å². The van der Waals surface area contributed by atoms with Crippen LogP contribution < -0.4 is 16.2 Å². The predicted octanol–water partition coefficient (Wildman–Crippen LogP) is 2.95. The zero-order valence-electron chi connectivity index (χ0n) is 10.5. The Labute approximate surface area is 107 Å². The number of ether oxygens (including phenoxy) is 1. The highest BCUT2D eigenvalue weighted by atomic mass is 16.5. The lowest BCUT2D eigenvalue weighted by Crippen LogP contribution is -2.17. The highest BCUT2D eigenvalue weighted by Gasteiger charge is 2.00. The van der Waals surface area contributed by atoms with Gasteiger partial charge in [-0.25, -0.2) is 0 Å². The van der Waals surface area contributed by atoms with E-state index in [1.807, 2.05) is 55.5 Å². The second-order valence-electron chi connectivity index (χ2n) is 4.50. The number of hydrogen-bond donors (Lipinski definition) is 2. The van der Waals surface area contributed by atoms with Gasteiger partial charge in [0.05, 0.1) is 0 Å². The van der Waals surface area contributed by atoms with Crippen LogP contribution >= 0.6 is 0 Å². The molecule has 0 saturated heterocycles. The molecular weight excluding hydrogens is 224 g/mol. The molecule has 0 aliphatic carbocycles. The molecule has 2 aromatic rings. The third-order valence-corrected chi connectivity index (χ3v) is 2.60. The summed E-state index contributed by atoms with van der Waals surface area (Å²) in [5, 5.41) is 0. The van der Waals surface area contributed by atoms with Crippen LogP contribution in [-0.4, -0.2) is 6.04 Å². The topological polar surface area (TPSA) is 61.3 Å². The van der Waals surface area contributed by atoms with E-state index in [4.69, 9.17) is 16.2 Å². The molecule has 4 N–H and O–H groups in total. The smallest absolute Gasteiger partial charge is 0.127 e. The molecule has 0 bridgehead atoms. The lowest BCUT2D eigenvalue weighted by molar-refractivity contribution is 0.482. The van der Waals surface area contributed by atoms with Crippen molar-refractivity contribution in [1.82, 2.24) is 0 Å². The van der Waals surface area contributed by atoms with Gasteiger partial charge in [-0.1, -0.05) is 12.1 Å². The van der Waals surface area contributed by atoms with Crippen LogP contribution in [0.5, 0.6) is 11.5 Å². The molecule has 1 atom stereocenters. The van der Waals surface area contributed by atoms with Crippen LogP contribution in [0.3, 0.4) is 0 Å². The van der Waals surface area contributed by atoms with Crippen molar-refractivity contribution in [2.45, 2.75) is 19.4 Å². The molecule has 0 aromatic heterocycles. The number of nitrogens with two attached hydrogens (primary N) is 2. The normalized spacial score (nSPS) is 12.1. The number of rotatable bonds is 4. The first-order valence-corrected chi connectivity index (χ1v) is 6.01. The molecule has 94 valence electrons. The summed E-state index contributed by atoms with van der Waals surface area (Å²) in [7, 11) is 0. The van der Waals surface area contributed by atoms with Gasteiger partial charge in [0.15, 0.2) is 0 Å². The van der Waals surface area contributed by atoms with E-state index < -0.39 is 0 Å². The number of nitrogen functional groups attached to an aromatic ring is 1. The first-order valence-electron chi connectivity index (χ1n) is 6.01. The van der Waals surface area contributed by atoms with Crippen LogP contribution in [0, 0.1) is 0 Å². The minimum Gasteiger partial charge on any atom is -0.457 e. The maximum Gasteiger partial charge on any atom is 0.127 e. The van der Waals surface area contributed by atoms with Crippen LogP contribution in [0.25, 0.3) is 0 Å². The second kappa shape index (κ2) is 5.56. The molecular formula is C15H18N2O. The van der Waals surface area contributed by atoms with Gasteiger partial charge in [0.1, 0.15) is 11.5 Å². The molecule has 0 aliphatic heterocycles. The lowest BCUT2D eigenvalue weighted by Gasteiger charge is -2.08. The average Bonchev–Trinajstić information content (AvgIpc) is 2.34. The van der Waals surface area contributed by atoms with E-state index in [0.29, 0.717) is 0 Å². The largest absolute Gasteiger partial charge is 0.457 e. The van der Waals surface area contributed by atoms with Gasteiger partial charge in [0, 0.05) is 11.7 Å². The maximum absolute atomic E-state index is 5.76. The molecule has 3 nitrogen and oxygen atoms in total. The molecule has 0 aliphatic rings. The number of anilines is 1. The molecule has 2 rings (SSSR count). The Morgan fingerprint density at radius 1 is 0.944 bits per heavy atom. The Bertz CT molecular complexity index is 489. The number of benzene rings is 2. The molecule has 0 fully saturated rings. The van der Waals surface area contributed by atoms with Crippen LogP contribution in [0.4, 0.5) is 5.69 Å². The van der Waals surface area contributed by atoms with Gasteiger partial charge in [-0.15, -0.1) is 0 Å². The Balaban J connectivity index is 2.04. The highest BCUT2D eigenvalue weighted by Crippen LogP contribution is 2.22. The SMILES string of the molecule is CC(N)Cc1ccc(Oc2ccc(N)cc2)cc1. The zero-order chi connectivity index (χ0) is 13.0. The molecule has 0 spiro atoms. The molecule has 3 heteroatoms. The summed E-state index contributed by atoms with van der Waals surface area (Å²) < 4.78 is 5.71. The van der Waals surface area contributed by atoms with Gasteiger partial charge in [0.2, 0.25) is 0 Å². The monoisotopic (exact) mass is 242 g/mol. The van der Waals surface area contributed by atoms with Crippen LogP contribution in [0.15, 0.2) is 48.5 Å². The van der Waals surface area contributed by atoms with Crippen molar-refractivity contribution in [1.29, 1.82) is 0 Å². The first kappa shape index (κ1) is 12.5. The van der Waals surface area contributed by atoms with Gasteiger partial charge < -0.3 is 16.2 Å². The summed E-state index contributed by atoms with van der Waals surface area (Å²) in [6, 6.07) is 15.5. The Hall–Kier alpha value is -2.00. The molecule has 0 radical (unpaired) electrons. The molecule has 2 aromatic carbocycles. The maximum atomic E-state index is 5.76. The Morgan fingerprint density at radius 2 is 1.44 bits per heavy atom. The van der Waals surface area contributed by atoms with E-state index in [-0.39, 0.29) is 6.04 Å². The van der Waals surface area contributed by atoms with E-state index in [0.717, 1.165) is 23.6 Å². The van der Waals surface area contributed by atoms with Gasteiger partial charge in [-0.2, -0.15) is 0 Å². The van der Waals surface area contributed by atoms with E-state index in [2.05, 4.69) is 0 Å². The molecule has 0 saturated carbocycles. The van der Waals surface area contributed by atoms with Crippen molar-refractivity contribution in [3.63, 3.8) is 0 Å². The van der Waals surface area contributed by atoms with Gasteiger partial charge in [0.25, 0.3) is 0 Å². The fourth-order valence-electron chi connectivity index (χ4n) is 1.74. The standard InChI is InChI=1S/C15H18N2O/c1-11(16)10-12-2-6-14(7-3-12)18-15-8-4-13(17)5-9-15/h2-9,11H,10,16-17H2,1H3. The van der Waals surface area contributed by atoms with Crippen LogP contribution in [0.1, 0.15) is 12.5 Å². The van der Waals surface area contributed by atoms with E-state index in [1.165, 1.54) is 5.56 Å². The summed E-state index contributed by atoms with van der Waals surface area (Å²) in [5.74, 6) is 1.59. The third kappa shape index (κ3) is 3.50. The average molecular weight is 242 g/mol. The summed E-state index contributed by atoms with van der Waals surface area (Å²) in [4.78, 5) is 0. The fourth-order valence-corrected chi connectivity index (χ4v) is 1.74. The van der Waals surface area contributed by atoms with Crippen LogP contribution in [-0.2, 0) is 6.42 Å². The van der Waals surface area contributed by atoms with Crippen molar-refractivity contribution < 1.29 is 4.74 Å². The molecule has 1 unspecified atom stereocenters. The van der Waals surface area contributed by atoms with Gasteiger partial charge >= 0.3 is 0 Å². The van der Waals surface area contributed by atoms with Crippen molar-refractivity contribution >= 4 is 5.69 Å². The summed E-state index contributed by atoms with van der Waals surface area (Å²) in [6.45, 7) is 2.00. The fraction of sp³-hybridized carbons (Fsp3) is 0.200. The minimum atomic E-state index is 0.175. The van der Waals surface area contributed by atoms with E-state index >= 15 is 0 Å². The van der Waals surface area contributed by atoms with Crippen molar-refractivity contribution in [3.8, 4) is 11.5 Å². The zero-order valence-corrected chi connectivity index (χ0v) is 10.5. The highest BCUT2D eigenvalue weighted by molar-refractivity contribution is 5.43. The number of hydrogen-bond acceptors (Lipinski definition) is 3. The van der Waals surface area contributed by atoms with Gasteiger partial charge in [-0.3, -0.25) is 0 Å². The van der Waals surface area contributed by atoms with E-state index in [1.54, 1.807) is 0 Å². The van der Waals surface area contributed by atoms with Crippen molar-refractivity contribution in [2.24, 2.45) is 5.73 Å². The summed E-state index contributed by atoms with van der Waals surface area (Å²) in [5.41, 5.74) is 13.3. The van der Waals surface area contributed by atoms with E-state index in [9.17, 15) is 0 Å². The molecule has 18 heavy (non-hydrogen) atoms. The third-order valence-electron chi connectivity index (χ3n) is 2.60. The lowest BCUT2D eigenvalue weighted by atomic mass is 10.1. The second-order valence-corrected chi connectivity index (χ2v) is 4.50. The van der Waals surface area contributed by atoms with Crippen molar-refractivity contribution in [2.75, 3.05) is 5.73 Å².